The zero-order valence-corrected chi connectivity index (χ0v) is 11.9. The lowest BCUT2D eigenvalue weighted by molar-refractivity contribution is 0.443. The number of nitrogens with one attached hydrogen (secondary N) is 1. The third-order valence-corrected chi connectivity index (χ3v) is 3.72. The standard InChI is InChI=1S/C13H23N3.ClH/c1-4-13(5-6-13)10-14-7-12-8-15-16(9-12)11(2)3;/h8-9,11,14H,4-7,10H2,1-3H3;1H. The number of aromatic nitrogens is 2. The highest BCUT2D eigenvalue weighted by atomic mass is 35.5. The van der Waals surface area contributed by atoms with Crippen LogP contribution in [-0.4, -0.2) is 16.3 Å². The van der Waals surface area contributed by atoms with Gasteiger partial charge in [0.25, 0.3) is 0 Å². The lowest BCUT2D eigenvalue weighted by atomic mass is 10.0. The Labute approximate surface area is 110 Å². The topological polar surface area (TPSA) is 29.9 Å². The van der Waals surface area contributed by atoms with E-state index in [2.05, 4.69) is 37.4 Å². The smallest absolute Gasteiger partial charge is 0.0534 e. The van der Waals surface area contributed by atoms with Crippen molar-refractivity contribution in [3.63, 3.8) is 0 Å². The van der Waals surface area contributed by atoms with E-state index in [4.69, 9.17) is 0 Å². The third kappa shape index (κ3) is 3.71. The maximum atomic E-state index is 4.34. The first kappa shape index (κ1) is 14.5. The van der Waals surface area contributed by atoms with Crippen LogP contribution in [0.25, 0.3) is 0 Å². The molecule has 1 aromatic rings. The van der Waals surface area contributed by atoms with Crippen molar-refractivity contribution in [1.29, 1.82) is 0 Å². The van der Waals surface area contributed by atoms with Gasteiger partial charge in [-0.3, -0.25) is 4.68 Å². The van der Waals surface area contributed by atoms with Crippen LogP contribution in [0.3, 0.4) is 0 Å². The lowest BCUT2D eigenvalue weighted by Gasteiger charge is -2.12. The van der Waals surface area contributed by atoms with Crippen molar-refractivity contribution in [2.24, 2.45) is 5.41 Å². The van der Waals surface area contributed by atoms with Crippen LogP contribution in [0.2, 0.25) is 0 Å². The second kappa shape index (κ2) is 5.87. The molecular formula is C13H24ClN3. The molecule has 4 heteroatoms. The lowest BCUT2D eigenvalue weighted by Crippen LogP contribution is -2.22. The Morgan fingerprint density at radius 2 is 2.18 bits per heavy atom. The first-order valence-electron chi connectivity index (χ1n) is 6.39. The van der Waals surface area contributed by atoms with Gasteiger partial charge in [-0.25, -0.2) is 0 Å². The Kier molecular flexibility index (Phi) is 5.02. The molecule has 0 bridgehead atoms. The van der Waals surface area contributed by atoms with E-state index in [1.807, 2.05) is 10.9 Å². The number of halogens is 1. The average molecular weight is 258 g/mol. The van der Waals surface area contributed by atoms with E-state index in [-0.39, 0.29) is 12.4 Å². The molecule has 0 aromatic carbocycles. The molecule has 1 aromatic heterocycles. The maximum absolute atomic E-state index is 4.34. The minimum atomic E-state index is 0. The summed E-state index contributed by atoms with van der Waals surface area (Å²) in [6, 6.07) is 0.458. The molecule has 3 nitrogen and oxygen atoms in total. The summed E-state index contributed by atoms with van der Waals surface area (Å²) in [6.07, 6.45) is 8.23. The van der Waals surface area contributed by atoms with Crippen LogP contribution in [0.5, 0.6) is 0 Å². The van der Waals surface area contributed by atoms with E-state index in [0.29, 0.717) is 11.5 Å². The third-order valence-electron chi connectivity index (χ3n) is 3.72. The average Bonchev–Trinajstić information content (AvgIpc) is 2.88. The SMILES string of the molecule is CCC1(CNCc2cnn(C(C)C)c2)CC1.Cl. The van der Waals surface area contributed by atoms with Gasteiger partial charge in [0.2, 0.25) is 0 Å². The Morgan fingerprint density at radius 1 is 1.47 bits per heavy atom. The van der Waals surface area contributed by atoms with Crippen molar-refractivity contribution in [2.75, 3.05) is 6.54 Å². The predicted octanol–water partition coefficient (Wildman–Crippen LogP) is 3.17. The molecule has 0 spiro atoms. The second-order valence-electron chi connectivity index (χ2n) is 5.38. The molecule has 2 rings (SSSR count). The molecule has 0 saturated heterocycles. The first-order chi connectivity index (χ1) is 7.65. The number of hydrogen-bond acceptors (Lipinski definition) is 2. The molecule has 1 N–H and O–H groups in total. The normalized spacial score (nSPS) is 16.9. The van der Waals surface area contributed by atoms with Crippen molar-refractivity contribution >= 4 is 12.4 Å². The van der Waals surface area contributed by atoms with Crippen molar-refractivity contribution in [2.45, 2.75) is 52.6 Å². The zero-order valence-electron chi connectivity index (χ0n) is 11.1. The van der Waals surface area contributed by atoms with Crippen LogP contribution in [0.1, 0.15) is 51.6 Å². The zero-order chi connectivity index (χ0) is 11.6. The summed E-state index contributed by atoms with van der Waals surface area (Å²) in [5, 5.41) is 7.90. The fraction of sp³-hybridized carbons (Fsp3) is 0.769. The van der Waals surface area contributed by atoms with Crippen LogP contribution >= 0.6 is 12.4 Å². The molecular weight excluding hydrogens is 234 g/mol. The van der Waals surface area contributed by atoms with Gasteiger partial charge in [-0.05, 0) is 38.5 Å². The predicted molar refractivity (Wildman–Crippen MR) is 73.5 cm³/mol. The minimum absolute atomic E-state index is 0. The first-order valence-corrected chi connectivity index (χ1v) is 6.39. The van der Waals surface area contributed by atoms with Crippen molar-refractivity contribution < 1.29 is 0 Å². The molecule has 0 atom stereocenters. The molecule has 0 unspecified atom stereocenters. The molecule has 17 heavy (non-hydrogen) atoms. The Morgan fingerprint density at radius 3 is 2.65 bits per heavy atom. The van der Waals surface area contributed by atoms with Crippen molar-refractivity contribution in [3.8, 4) is 0 Å². The van der Waals surface area contributed by atoms with Crippen LogP contribution < -0.4 is 5.32 Å². The van der Waals surface area contributed by atoms with Crippen LogP contribution in [0.15, 0.2) is 12.4 Å². The largest absolute Gasteiger partial charge is 0.312 e. The van der Waals surface area contributed by atoms with Crippen LogP contribution in [0.4, 0.5) is 0 Å². The van der Waals surface area contributed by atoms with Gasteiger partial charge < -0.3 is 5.32 Å². The summed E-state index contributed by atoms with van der Waals surface area (Å²) < 4.78 is 2.02. The molecule has 0 amide bonds. The van der Waals surface area contributed by atoms with E-state index >= 15 is 0 Å². The monoisotopic (exact) mass is 257 g/mol. The molecule has 1 saturated carbocycles. The summed E-state index contributed by atoms with van der Waals surface area (Å²) in [6.45, 7) is 8.72. The highest BCUT2D eigenvalue weighted by Crippen LogP contribution is 2.47. The van der Waals surface area contributed by atoms with Gasteiger partial charge >= 0.3 is 0 Å². The summed E-state index contributed by atoms with van der Waals surface area (Å²) in [7, 11) is 0. The number of rotatable bonds is 6. The summed E-state index contributed by atoms with van der Waals surface area (Å²) in [5.74, 6) is 0. The van der Waals surface area contributed by atoms with E-state index < -0.39 is 0 Å². The Balaban J connectivity index is 0.00000144. The van der Waals surface area contributed by atoms with Gasteiger partial charge in [0.1, 0.15) is 0 Å². The molecule has 1 aliphatic carbocycles. The molecule has 1 fully saturated rings. The second-order valence-corrected chi connectivity index (χ2v) is 5.38. The Bertz CT molecular complexity index is 342. The van der Waals surface area contributed by atoms with E-state index in [1.165, 1.54) is 24.8 Å². The maximum Gasteiger partial charge on any atom is 0.0534 e. The number of nitrogens with zero attached hydrogens (tertiary/aromatic N) is 2. The molecule has 1 heterocycles. The highest BCUT2D eigenvalue weighted by molar-refractivity contribution is 5.85. The number of hydrogen-bond donors (Lipinski definition) is 1. The van der Waals surface area contributed by atoms with Crippen LogP contribution in [0, 0.1) is 5.41 Å². The van der Waals surface area contributed by atoms with Gasteiger partial charge in [0.05, 0.1) is 6.20 Å². The van der Waals surface area contributed by atoms with E-state index in [9.17, 15) is 0 Å². The molecule has 0 radical (unpaired) electrons. The quantitative estimate of drug-likeness (QED) is 0.848. The van der Waals surface area contributed by atoms with Crippen molar-refractivity contribution in [1.82, 2.24) is 15.1 Å². The van der Waals surface area contributed by atoms with Crippen LogP contribution in [-0.2, 0) is 6.54 Å². The Hall–Kier alpha value is -0.540. The summed E-state index contributed by atoms with van der Waals surface area (Å²) in [4.78, 5) is 0. The van der Waals surface area contributed by atoms with E-state index in [0.717, 1.165) is 13.1 Å². The minimum Gasteiger partial charge on any atom is -0.312 e. The fourth-order valence-electron chi connectivity index (χ4n) is 2.06. The van der Waals surface area contributed by atoms with Crippen molar-refractivity contribution in [3.05, 3.63) is 18.0 Å². The molecule has 0 aliphatic heterocycles. The molecule has 98 valence electrons. The van der Waals surface area contributed by atoms with Gasteiger partial charge in [0, 0.05) is 30.9 Å². The summed E-state index contributed by atoms with van der Waals surface area (Å²) in [5.41, 5.74) is 1.93. The van der Waals surface area contributed by atoms with Gasteiger partial charge in [-0.1, -0.05) is 6.92 Å². The fourth-order valence-corrected chi connectivity index (χ4v) is 2.06. The molecule has 1 aliphatic rings. The van der Waals surface area contributed by atoms with E-state index in [1.54, 1.807) is 0 Å². The van der Waals surface area contributed by atoms with Gasteiger partial charge in [-0.15, -0.1) is 12.4 Å². The summed E-state index contributed by atoms with van der Waals surface area (Å²) >= 11 is 0. The highest BCUT2D eigenvalue weighted by Gasteiger charge is 2.39. The van der Waals surface area contributed by atoms with Gasteiger partial charge in [0.15, 0.2) is 0 Å². The van der Waals surface area contributed by atoms with Gasteiger partial charge in [-0.2, -0.15) is 5.10 Å².